The number of benzene rings is 1. The molecule has 8 heteroatoms. The molecule has 0 radical (unpaired) electrons. The van der Waals surface area contributed by atoms with Gasteiger partial charge in [0.05, 0.1) is 12.2 Å². The van der Waals surface area contributed by atoms with Gasteiger partial charge in [-0.15, -0.1) is 24.0 Å². The van der Waals surface area contributed by atoms with E-state index < -0.39 is 0 Å². The van der Waals surface area contributed by atoms with Crippen molar-refractivity contribution in [2.75, 3.05) is 31.6 Å². The molecule has 0 bridgehead atoms. The largest absolute Gasteiger partial charge is 0.368 e. The molecular weight excluding hydrogens is 495 g/mol. The van der Waals surface area contributed by atoms with Crippen LogP contribution in [0.15, 0.2) is 52.2 Å². The van der Waals surface area contributed by atoms with Crippen LogP contribution in [-0.2, 0) is 6.54 Å². The SMILES string of the molecule is CN=C(NCCn1cccn1)NC1CCN(c2ccccc2Br)C1.I. The average molecular weight is 519 g/mol. The molecule has 2 aromatic rings. The topological polar surface area (TPSA) is 57.5 Å². The molecule has 1 aliphatic rings. The van der Waals surface area contributed by atoms with Gasteiger partial charge in [-0.2, -0.15) is 5.10 Å². The average Bonchev–Trinajstić information content (AvgIpc) is 3.26. The number of anilines is 1. The Kier molecular flexibility index (Phi) is 8.01. The molecule has 2 heterocycles. The van der Waals surface area contributed by atoms with E-state index in [0.717, 1.165) is 43.0 Å². The molecule has 25 heavy (non-hydrogen) atoms. The van der Waals surface area contributed by atoms with Crippen LogP contribution in [0.5, 0.6) is 0 Å². The number of hydrogen-bond acceptors (Lipinski definition) is 3. The second kappa shape index (κ2) is 10.0. The van der Waals surface area contributed by atoms with Crippen molar-refractivity contribution in [3.63, 3.8) is 0 Å². The number of aromatic nitrogens is 2. The van der Waals surface area contributed by atoms with Gasteiger partial charge in [-0.25, -0.2) is 0 Å². The van der Waals surface area contributed by atoms with Gasteiger partial charge in [-0.1, -0.05) is 12.1 Å². The normalized spacial score (nSPS) is 17.3. The summed E-state index contributed by atoms with van der Waals surface area (Å²) in [6.07, 6.45) is 4.85. The Bertz CT molecular complexity index is 676. The molecule has 1 unspecified atom stereocenters. The van der Waals surface area contributed by atoms with E-state index in [1.54, 1.807) is 6.20 Å². The molecule has 0 aliphatic carbocycles. The quantitative estimate of drug-likeness (QED) is 0.363. The van der Waals surface area contributed by atoms with Crippen LogP contribution in [0.4, 0.5) is 5.69 Å². The van der Waals surface area contributed by atoms with Crippen molar-refractivity contribution in [2.45, 2.75) is 19.0 Å². The lowest BCUT2D eigenvalue weighted by Gasteiger charge is -2.21. The Morgan fingerprint density at radius 3 is 2.92 bits per heavy atom. The van der Waals surface area contributed by atoms with Crippen molar-refractivity contribution in [1.29, 1.82) is 0 Å². The predicted molar refractivity (Wildman–Crippen MR) is 117 cm³/mol. The summed E-state index contributed by atoms with van der Waals surface area (Å²) in [5.74, 6) is 0.848. The number of guanidine groups is 1. The van der Waals surface area contributed by atoms with Gasteiger partial charge < -0.3 is 15.5 Å². The molecule has 1 aromatic heterocycles. The Morgan fingerprint density at radius 2 is 2.20 bits per heavy atom. The zero-order chi connectivity index (χ0) is 16.8. The lowest BCUT2D eigenvalue weighted by molar-refractivity contribution is 0.587. The molecule has 0 spiro atoms. The molecule has 136 valence electrons. The second-order valence-electron chi connectivity index (χ2n) is 5.80. The first-order valence-corrected chi connectivity index (χ1v) is 8.99. The summed E-state index contributed by atoms with van der Waals surface area (Å²) >= 11 is 3.64. The van der Waals surface area contributed by atoms with Crippen LogP contribution in [0.1, 0.15) is 6.42 Å². The minimum atomic E-state index is 0. The summed E-state index contributed by atoms with van der Waals surface area (Å²) in [7, 11) is 1.81. The molecule has 1 aliphatic heterocycles. The number of nitrogens with zero attached hydrogens (tertiary/aromatic N) is 4. The highest BCUT2D eigenvalue weighted by Gasteiger charge is 2.24. The summed E-state index contributed by atoms with van der Waals surface area (Å²) in [6, 6.07) is 10.7. The first-order valence-electron chi connectivity index (χ1n) is 8.20. The van der Waals surface area contributed by atoms with Crippen molar-refractivity contribution in [3.05, 3.63) is 47.2 Å². The van der Waals surface area contributed by atoms with Gasteiger partial charge in [0.25, 0.3) is 0 Å². The van der Waals surface area contributed by atoms with Crippen molar-refractivity contribution in [3.8, 4) is 0 Å². The third-order valence-corrected chi connectivity index (χ3v) is 4.81. The number of hydrogen-bond donors (Lipinski definition) is 2. The minimum Gasteiger partial charge on any atom is -0.368 e. The summed E-state index contributed by atoms with van der Waals surface area (Å²) in [6.45, 7) is 3.64. The Morgan fingerprint density at radius 1 is 1.36 bits per heavy atom. The Balaban J connectivity index is 0.00000225. The lowest BCUT2D eigenvalue weighted by atomic mass is 10.3. The fourth-order valence-electron chi connectivity index (χ4n) is 2.91. The van der Waals surface area contributed by atoms with Crippen molar-refractivity contribution in [1.82, 2.24) is 20.4 Å². The number of para-hydroxylation sites is 1. The van der Waals surface area contributed by atoms with Gasteiger partial charge >= 0.3 is 0 Å². The summed E-state index contributed by atoms with van der Waals surface area (Å²) in [4.78, 5) is 6.72. The van der Waals surface area contributed by atoms with E-state index in [9.17, 15) is 0 Å². The molecule has 6 nitrogen and oxygen atoms in total. The third kappa shape index (κ3) is 5.60. The summed E-state index contributed by atoms with van der Waals surface area (Å²) in [5.41, 5.74) is 1.25. The molecule has 2 N–H and O–H groups in total. The standard InChI is InChI=1S/C17H23BrN6.HI/c1-19-17(20-9-12-24-10-4-8-21-24)22-14-7-11-23(13-14)16-6-3-2-5-15(16)18;/h2-6,8,10,14H,7,9,11-13H2,1H3,(H2,19,20,22);1H. The van der Waals surface area contributed by atoms with Gasteiger partial charge in [0.2, 0.25) is 0 Å². The fraction of sp³-hybridized carbons (Fsp3) is 0.412. The molecular formula is C17H24BrIN6. The maximum Gasteiger partial charge on any atom is 0.191 e. The maximum absolute atomic E-state index is 4.32. The first kappa shape index (κ1) is 20.0. The zero-order valence-electron chi connectivity index (χ0n) is 14.2. The smallest absolute Gasteiger partial charge is 0.191 e. The van der Waals surface area contributed by atoms with Crippen molar-refractivity contribution in [2.24, 2.45) is 4.99 Å². The van der Waals surface area contributed by atoms with Crippen LogP contribution in [0.2, 0.25) is 0 Å². The van der Waals surface area contributed by atoms with E-state index in [2.05, 4.69) is 59.8 Å². The van der Waals surface area contributed by atoms with Crippen LogP contribution in [0.3, 0.4) is 0 Å². The van der Waals surface area contributed by atoms with E-state index in [4.69, 9.17) is 0 Å². The lowest BCUT2D eigenvalue weighted by Crippen LogP contribution is -2.45. The fourth-order valence-corrected chi connectivity index (χ4v) is 3.45. The van der Waals surface area contributed by atoms with E-state index >= 15 is 0 Å². The van der Waals surface area contributed by atoms with E-state index in [1.165, 1.54) is 5.69 Å². The van der Waals surface area contributed by atoms with Gasteiger partial charge in [0, 0.05) is 49.6 Å². The van der Waals surface area contributed by atoms with Crippen molar-refractivity contribution < 1.29 is 0 Å². The van der Waals surface area contributed by atoms with Crippen LogP contribution in [0, 0.1) is 0 Å². The molecule has 1 saturated heterocycles. The van der Waals surface area contributed by atoms with E-state index in [-0.39, 0.29) is 24.0 Å². The zero-order valence-corrected chi connectivity index (χ0v) is 18.1. The highest BCUT2D eigenvalue weighted by Crippen LogP contribution is 2.28. The minimum absolute atomic E-state index is 0. The predicted octanol–water partition coefficient (Wildman–Crippen LogP) is 2.71. The third-order valence-electron chi connectivity index (χ3n) is 4.14. The van der Waals surface area contributed by atoms with Crippen LogP contribution < -0.4 is 15.5 Å². The van der Waals surface area contributed by atoms with Crippen molar-refractivity contribution >= 4 is 51.6 Å². The van der Waals surface area contributed by atoms with Gasteiger partial charge in [0.15, 0.2) is 5.96 Å². The molecule has 1 fully saturated rings. The Hall–Kier alpha value is -1.29. The monoisotopic (exact) mass is 518 g/mol. The number of halogens is 2. The highest BCUT2D eigenvalue weighted by molar-refractivity contribution is 14.0. The van der Waals surface area contributed by atoms with E-state index in [0.29, 0.717) is 6.04 Å². The van der Waals surface area contributed by atoms with Crippen LogP contribution in [0.25, 0.3) is 0 Å². The summed E-state index contributed by atoms with van der Waals surface area (Å²) < 4.78 is 3.05. The van der Waals surface area contributed by atoms with Crippen LogP contribution >= 0.6 is 39.9 Å². The maximum atomic E-state index is 4.32. The first-order chi connectivity index (χ1) is 11.8. The van der Waals surface area contributed by atoms with Crippen LogP contribution in [-0.4, -0.2) is 48.5 Å². The molecule has 1 atom stereocenters. The number of nitrogens with one attached hydrogen (secondary N) is 2. The molecule has 3 rings (SSSR count). The molecule has 0 amide bonds. The molecule has 1 aromatic carbocycles. The summed E-state index contributed by atoms with van der Waals surface area (Å²) in [5, 5.41) is 11.1. The number of aliphatic imine (C=N–C) groups is 1. The highest BCUT2D eigenvalue weighted by atomic mass is 127. The van der Waals surface area contributed by atoms with Gasteiger partial charge in [-0.3, -0.25) is 9.67 Å². The van der Waals surface area contributed by atoms with E-state index in [1.807, 2.05) is 30.1 Å². The Labute approximate surface area is 174 Å². The number of rotatable bonds is 5. The second-order valence-corrected chi connectivity index (χ2v) is 6.65. The molecule has 0 saturated carbocycles. The van der Waals surface area contributed by atoms with Gasteiger partial charge in [0.1, 0.15) is 0 Å². The van der Waals surface area contributed by atoms with Gasteiger partial charge in [-0.05, 0) is 40.5 Å².